The highest BCUT2D eigenvalue weighted by Crippen LogP contribution is 2.22. The van der Waals surface area contributed by atoms with Crippen LogP contribution in [-0.4, -0.2) is 24.9 Å². The molecule has 0 aromatic heterocycles. The smallest absolute Gasteiger partial charge is 0.228 e. The molecule has 1 saturated heterocycles. The van der Waals surface area contributed by atoms with Gasteiger partial charge in [-0.2, -0.15) is 0 Å². The first-order chi connectivity index (χ1) is 9.97. The average Bonchev–Trinajstić information content (AvgIpc) is 2.96. The molecule has 1 heterocycles. The van der Waals surface area contributed by atoms with Gasteiger partial charge in [-0.25, -0.2) is 0 Å². The predicted octanol–water partition coefficient (Wildman–Crippen LogP) is 2.14. The van der Waals surface area contributed by atoms with Crippen molar-refractivity contribution < 1.29 is 9.59 Å². The summed E-state index contributed by atoms with van der Waals surface area (Å²) in [6.07, 6.45) is 0.870. The quantitative estimate of drug-likeness (QED) is 0.795. The standard InChI is InChI=1S/C16H23N3O2/c1-10(2)15(20)18-13-5-4-11(3)14(8-13)19-16(21)12-6-7-17-9-12/h4-5,8,10,12,17H,6-7,9H2,1-3H3,(H,18,20)(H,19,21). The van der Waals surface area contributed by atoms with Crippen LogP contribution in [0, 0.1) is 18.8 Å². The number of rotatable bonds is 4. The lowest BCUT2D eigenvalue weighted by molar-refractivity contribution is -0.119. The van der Waals surface area contributed by atoms with Crippen LogP contribution in [0.1, 0.15) is 25.8 Å². The summed E-state index contributed by atoms with van der Waals surface area (Å²) in [5.74, 6) is -0.0428. The Hall–Kier alpha value is -1.88. The molecule has 3 N–H and O–H groups in total. The fourth-order valence-electron chi connectivity index (χ4n) is 2.23. The molecule has 21 heavy (non-hydrogen) atoms. The Labute approximate surface area is 125 Å². The van der Waals surface area contributed by atoms with Crippen LogP contribution in [0.4, 0.5) is 11.4 Å². The van der Waals surface area contributed by atoms with Crippen molar-refractivity contribution in [2.45, 2.75) is 27.2 Å². The van der Waals surface area contributed by atoms with Gasteiger partial charge < -0.3 is 16.0 Å². The lowest BCUT2D eigenvalue weighted by atomic mass is 10.1. The molecule has 114 valence electrons. The molecule has 5 nitrogen and oxygen atoms in total. The number of benzene rings is 1. The van der Waals surface area contributed by atoms with Crippen LogP contribution in [0.25, 0.3) is 0 Å². The Balaban J connectivity index is 2.07. The third-order valence-corrected chi connectivity index (χ3v) is 3.72. The van der Waals surface area contributed by atoms with Gasteiger partial charge in [0, 0.05) is 23.8 Å². The van der Waals surface area contributed by atoms with E-state index in [0.717, 1.165) is 30.8 Å². The van der Waals surface area contributed by atoms with Crippen molar-refractivity contribution in [1.82, 2.24) is 5.32 Å². The molecule has 5 heteroatoms. The van der Waals surface area contributed by atoms with Gasteiger partial charge >= 0.3 is 0 Å². The SMILES string of the molecule is Cc1ccc(NC(=O)C(C)C)cc1NC(=O)C1CCNC1. The number of carbonyl (C=O) groups is 2. The molecule has 1 aromatic carbocycles. The van der Waals surface area contributed by atoms with E-state index in [0.29, 0.717) is 5.69 Å². The third-order valence-electron chi connectivity index (χ3n) is 3.72. The van der Waals surface area contributed by atoms with Crippen LogP contribution in [0.3, 0.4) is 0 Å². The summed E-state index contributed by atoms with van der Waals surface area (Å²) in [5, 5.41) is 9.00. The molecule has 1 unspecified atom stereocenters. The highest BCUT2D eigenvalue weighted by Gasteiger charge is 2.22. The van der Waals surface area contributed by atoms with Gasteiger partial charge in [0.15, 0.2) is 0 Å². The summed E-state index contributed by atoms with van der Waals surface area (Å²) in [6.45, 7) is 7.26. The Bertz CT molecular complexity index is 534. The van der Waals surface area contributed by atoms with E-state index in [2.05, 4.69) is 16.0 Å². The summed E-state index contributed by atoms with van der Waals surface area (Å²) in [5.41, 5.74) is 2.45. The van der Waals surface area contributed by atoms with Gasteiger partial charge in [-0.3, -0.25) is 9.59 Å². The fraction of sp³-hybridized carbons (Fsp3) is 0.500. The minimum Gasteiger partial charge on any atom is -0.326 e. The zero-order chi connectivity index (χ0) is 15.4. The van der Waals surface area contributed by atoms with Gasteiger partial charge in [-0.1, -0.05) is 19.9 Å². The monoisotopic (exact) mass is 289 g/mol. The Morgan fingerprint density at radius 3 is 2.67 bits per heavy atom. The van der Waals surface area contributed by atoms with Crippen LogP contribution in [-0.2, 0) is 9.59 Å². The molecule has 0 aliphatic carbocycles. The maximum absolute atomic E-state index is 12.2. The van der Waals surface area contributed by atoms with Gasteiger partial charge in [0.05, 0.1) is 5.92 Å². The summed E-state index contributed by atoms with van der Waals surface area (Å²) < 4.78 is 0. The minimum atomic E-state index is -0.0751. The summed E-state index contributed by atoms with van der Waals surface area (Å²) >= 11 is 0. The molecule has 1 aliphatic rings. The number of amides is 2. The highest BCUT2D eigenvalue weighted by atomic mass is 16.2. The van der Waals surface area contributed by atoms with Crippen LogP contribution < -0.4 is 16.0 Å². The van der Waals surface area contributed by atoms with E-state index in [4.69, 9.17) is 0 Å². The van der Waals surface area contributed by atoms with Crippen molar-refractivity contribution in [3.05, 3.63) is 23.8 Å². The predicted molar refractivity (Wildman–Crippen MR) is 84.3 cm³/mol. The largest absolute Gasteiger partial charge is 0.326 e. The van der Waals surface area contributed by atoms with E-state index in [9.17, 15) is 9.59 Å². The van der Waals surface area contributed by atoms with Crippen LogP contribution in [0.15, 0.2) is 18.2 Å². The Morgan fingerprint density at radius 1 is 1.29 bits per heavy atom. The van der Waals surface area contributed by atoms with Crippen LogP contribution in [0.5, 0.6) is 0 Å². The summed E-state index contributed by atoms with van der Waals surface area (Å²) in [6, 6.07) is 5.57. The molecule has 1 atom stereocenters. The summed E-state index contributed by atoms with van der Waals surface area (Å²) in [7, 11) is 0. The summed E-state index contributed by atoms with van der Waals surface area (Å²) in [4.78, 5) is 23.9. The molecule has 1 fully saturated rings. The Kier molecular flexibility index (Phi) is 4.96. The van der Waals surface area contributed by atoms with E-state index in [-0.39, 0.29) is 23.7 Å². The first kappa shape index (κ1) is 15.5. The van der Waals surface area contributed by atoms with Gasteiger partial charge in [0.25, 0.3) is 0 Å². The van der Waals surface area contributed by atoms with Crippen molar-refractivity contribution in [3.63, 3.8) is 0 Å². The van der Waals surface area contributed by atoms with E-state index in [1.807, 2.05) is 39.0 Å². The zero-order valence-corrected chi connectivity index (χ0v) is 12.8. The van der Waals surface area contributed by atoms with Crippen molar-refractivity contribution >= 4 is 23.2 Å². The van der Waals surface area contributed by atoms with Crippen molar-refractivity contribution in [2.75, 3.05) is 23.7 Å². The second-order valence-electron chi connectivity index (χ2n) is 5.85. The lowest BCUT2D eigenvalue weighted by Gasteiger charge is -2.14. The van der Waals surface area contributed by atoms with E-state index in [1.54, 1.807) is 0 Å². The highest BCUT2D eigenvalue weighted by molar-refractivity contribution is 5.96. The molecule has 0 bridgehead atoms. The number of hydrogen-bond acceptors (Lipinski definition) is 3. The maximum Gasteiger partial charge on any atom is 0.228 e. The van der Waals surface area contributed by atoms with Crippen molar-refractivity contribution in [2.24, 2.45) is 11.8 Å². The topological polar surface area (TPSA) is 70.2 Å². The molecule has 0 saturated carbocycles. The normalized spacial score (nSPS) is 17.8. The molecule has 1 aromatic rings. The van der Waals surface area contributed by atoms with E-state index in [1.165, 1.54) is 0 Å². The van der Waals surface area contributed by atoms with Gasteiger partial charge in [-0.15, -0.1) is 0 Å². The number of anilines is 2. The minimum absolute atomic E-state index is 0.0262. The second kappa shape index (κ2) is 6.72. The molecule has 0 spiro atoms. The van der Waals surface area contributed by atoms with Gasteiger partial charge in [0.1, 0.15) is 0 Å². The van der Waals surface area contributed by atoms with Gasteiger partial charge in [-0.05, 0) is 37.6 Å². The molecule has 2 rings (SSSR count). The average molecular weight is 289 g/mol. The third kappa shape index (κ3) is 4.04. The fourth-order valence-corrected chi connectivity index (χ4v) is 2.23. The van der Waals surface area contributed by atoms with E-state index < -0.39 is 0 Å². The number of hydrogen-bond donors (Lipinski definition) is 3. The first-order valence-corrected chi connectivity index (χ1v) is 7.40. The molecular weight excluding hydrogens is 266 g/mol. The lowest BCUT2D eigenvalue weighted by Crippen LogP contribution is -2.25. The molecular formula is C16H23N3O2. The maximum atomic E-state index is 12.2. The zero-order valence-electron chi connectivity index (χ0n) is 12.8. The van der Waals surface area contributed by atoms with Crippen LogP contribution in [0.2, 0.25) is 0 Å². The van der Waals surface area contributed by atoms with Crippen LogP contribution >= 0.6 is 0 Å². The number of aryl methyl sites for hydroxylation is 1. The Morgan fingerprint density at radius 2 is 2.05 bits per heavy atom. The second-order valence-corrected chi connectivity index (χ2v) is 5.85. The first-order valence-electron chi connectivity index (χ1n) is 7.40. The van der Waals surface area contributed by atoms with Crippen molar-refractivity contribution in [3.8, 4) is 0 Å². The molecule has 1 aliphatic heterocycles. The molecule has 2 amide bonds. The number of carbonyl (C=O) groups excluding carboxylic acids is 2. The van der Waals surface area contributed by atoms with E-state index >= 15 is 0 Å². The van der Waals surface area contributed by atoms with Crippen molar-refractivity contribution in [1.29, 1.82) is 0 Å². The number of nitrogens with one attached hydrogen (secondary N) is 3. The van der Waals surface area contributed by atoms with Gasteiger partial charge in [0.2, 0.25) is 11.8 Å². The molecule has 0 radical (unpaired) electrons.